The molecule has 0 spiro atoms. The molecular formula is C23H38N2O5. The van der Waals surface area contributed by atoms with E-state index in [2.05, 4.69) is 5.32 Å². The molecular weight excluding hydrogens is 384 g/mol. The number of hydrogen-bond donors (Lipinski definition) is 2. The summed E-state index contributed by atoms with van der Waals surface area (Å²) in [7, 11) is 0. The molecule has 1 heterocycles. The van der Waals surface area contributed by atoms with Crippen molar-refractivity contribution < 1.29 is 24.2 Å². The highest BCUT2D eigenvalue weighted by molar-refractivity contribution is 5.70. The van der Waals surface area contributed by atoms with Crippen molar-refractivity contribution in [2.75, 3.05) is 13.1 Å². The summed E-state index contributed by atoms with van der Waals surface area (Å²) >= 11 is 0. The van der Waals surface area contributed by atoms with Crippen LogP contribution in [0.3, 0.4) is 0 Å². The number of ether oxygens (including phenoxy) is 2. The van der Waals surface area contributed by atoms with Gasteiger partial charge < -0.3 is 24.8 Å². The fraction of sp³-hybridized carbons (Fsp3) is 0.913. The van der Waals surface area contributed by atoms with Gasteiger partial charge in [-0.3, -0.25) is 0 Å². The molecule has 0 aromatic rings. The highest BCUT2D eigenvalue weighted by atomic mass is 16.6. The number of rotatable bonds is 3. The molecule has 170 valence electrons. The Morgan fingerprint density at radius 3 is 2.27 bits per heavy atom. The Labute approximate surface area is 179 Å². The van der Waals surface area contributed by atoms with Crippen molar-refractivity contribution in [3.05, 3.63) is 0 Å². The van der Waals surface area contributed by atoms with E-state index in [0.29, 0.717) is 37.3 Å². The van der Waals surface area contributed by atoms with Gasteiger partial charge in [0, 0.05) is 13.1 Å². The number of aliphatic hydroxyl groups is 1. The first kappa shape index (κ1) is 21.7. The molecule has 6 atom stereocenters. The molecule has 5 rings (SSSR count). The Morgan fingerprint density at radius 1 is 1.07 bits per heavy atom. The van der Waals surface area contributed by atoms with Crippen LogP contribution in [0.25, 0.3) is 0 Å². The molecule has 3 unspecified atom stereocenters. The zero-order valence-corrected chi connectivity index (χ0v) is 19.1. The fourth-order valence-electron chi connectivity index (χ4n) is 6.63. The molecule has 5 aliphatic rings. The summed E-state index contributed by atoms with van der Waals surface area (Å²) in [4.78, 5) is 26.6. The van der Waals surface area contributed by atoms with Crippen molar-refractivity contribution in [1.82, 2.24) is 10.2 Å². The summed E-state index contributed by atoms with van der Waals surface area (Å²) in [6.07, 6.45) is 5.17. The van der Waals surface area contributed by atoms with Gasteiger partial charge in [-0.2, -0.15) is 0 Å². The molecule has 4 bridgehead atoms. The van der Waals surface area contributed by atoms with E-state index < -0.39 is 17.3 Å². The average molecular weight is 423 g/mol. The molecule has 4 saturated carbocycles. The molecule has 0 aromatic heterocycles. The third kappa shape index (κ3) is 4.14. The lowest BCUT2D eigenvalue weighted by atomic mass is 9.45. The standard InChI is InChI=1S/C23H38N2O5/c1-21(2,3)30-19(26)24-17-6-7-25(13-17)20(27)29-18-15-8-14-9-16(18)12-23(10-14,11-15)22(4,5)28/h14-18,28H,6-13H2,1-5H3,(H,24,26)/t14?,15-,16?,17+,18?,23-/m0/s1. The molecule has 1 aliphatic heterocycles. The third-order valence-corrected chi connectivity index (χ3v) is 7.89. The number of hydrogen-bond acceptors (Lipinski definition) is 5. The second kappa shape index (κ2) is 7.28. The molecule has 0 radical (unpaired) electrons. The van der Waals surface area contributed by atoms with Crippen LogP contribution in [0.15, 0.2) is 0 Å². The van der Waals surface area contributed by atoms with Crippen molar-refractivity contribution in [2.24, 2.45) is 23.2 Å². The van der Waals surface area contributed by atoms with Crippen LogP contribution in [0.2, 0.25) is 0 Å². The average Bonchev–Trinajstić information content (AvgIpc) is 3.03. The maximum atomic E-state index is 12.9. The Morgan fingerprint density at radius 2 is 1.70 bits per heavy atom. The van der Waals surface area contributed by atoms with Crippen LogP contribution in [-0.4, -0.2) is 58.6 Å². The third-order valence-electron chi connectivity index (χ3n) is 7.89. The number of nitrogens with one attached hydrogen (secondary N) is 1. The van der Waals surface area contributed by atoms with Crippen molar-refractivity contribution >= 4 is 12.2 Å². The van der Waals surface area contributed by atoms with Gasteiger partial charge in [0.25, 0.3) is 0 Å². The zero-order valence-electron chi connectivity index (χ0n) is 19.1. The second-order valence-electron chi connectivity index (χ2n) is 11.7. The topological polar surface area (TPSA) is 88.1 Å². The number of carbonyl (C=O) groups is 2. The van der Waals surface area contributed by atoms with Crippen molar-refractivity contribution in [3.63, 3.8) is 0 Å². The number of likely N-dealkylation sites (tertiary alicyclic amines) is 1. The van der Waals surface area contributed by atoms with E-state index in [-0.39, 0.29) is 23.7 Å². The maximum Gasteiger partial charge on any atom is 0.410 e. The SMILES string of the molecule is CC(C)(C)OC(=O)N[C@@H]1CCN(C(=O)OC2C3CC4C[C@H]2C[C@@](C(C)(C)O)(C4)C3)C1. The lowest BCUT2D eigenvalue weighted by molar-refractivity contribution is -0.200. The monoisotopic (exact) mass is 422 g/mol. The van der Waals surface area contributed by atoms with Crippen LogP contribution in [0.5, 0.6) is 0 Å². The minimum Gasteiger partial charge on any atom is -0.446 e. The molecule has 5 fully saturated rings. The first-order valence-corrected chi connectivity index (χ1v) is 11.5. The Balaban J connectivity index is 1.32. The molecule has 1 saturated heterocycles. The quantitative estimate of drug-likeness (QED) is 0.724. The first-order chi connectivity index (χ1) is 13.9. The molecule has 2 N–H and O–H groups in total. The largest absolute Gasteiger partial charge is 0.446 e. The molecule has 7 heteroatoms. The van der Waals surface area contributed by atoms with Gasteiger partial charge in [0.2, 0.25) is 0 Å². The van der Waals surface area contributed by atoms with Gasteiger partial charge in [-0.05, 0) is 96.3 Å². The van der Waals surface area contributed by atoms with E-state index in [4.69, 9.17) is 9.47 Å². The van der Waals surface area contributed by atoms with Gasteiger partial charge in [-0.15, -0.1) is 0 Å². The Bertz CT molecular complexity index is 679. The van der Waals surface area contributed by atoms with Crippen LogP contribution in [0.1, 0.15) is 73.1 Å². The van der Waals surface area contributed by atoms with Crippen LogP contribution < -0.4 is 5.32 Å². The molecule has 7 nitrogen and oxygen atoms in total. The van der Waals surface area contributed by atoms with E-state index >= 15 is 0 Å². The predicted molar refractivity (Wildman–Crippen MR) is 112 cm³/mol. The summed E-state index contributed by atoms with van der Waals surface area (Å²) < 4.78 is 11.4. The van der Waals surface area contributed by atoms with E-state index in [1.165, 1.54) is 0 Å². The van der Waals surface area contributed by atoms with Crippen LogP contribution >= 0.6 is 0 Å². The fourth-order valence-corrected chi connectivity index (χ4v) is 6.63. The van der Waals surface area contributed by atoms with Gasteiger partial charge in [-0.1, -0.05) is 0 Å². The molecule has 2 amide bonds. The highest BCUT2D eigenvalue weighted by Crippen LogP contribution is 2.64. The normalized spacial score (nSPS) is 37.9. The van der Waals surface area contributed by atoms with Gasteiger partial charge >= 0.3 is 12.2 Å². The summed E-state index contributed by atoms with van der Waals surface area (Å²) in [5.41, 5.74) is -1.25. The molecule has 30 heavy (non-hydrogen) atoms. The number of carbonyl (C=O) groups excluding carboxylic acids is 2. The van der Waals surface area contributed by atoms with Gasteiger partial charge in [0.1, 0.15) is 11.7 Å². The van der Waals surface area contributed by atoms with Crippen LogP contribution in [0.4, 0.5) is 9.59 Å². The smallest absolute Gasteiger partial charge is 0.410 e. The predicted octanol–water partition coefficient (Wildman–Crippen LogP) is 3.69. The first-order valence-electron chi connectivity index (χ1n) is 11.5. The number of nitrogens with zero attached hydrogens (tertiary/aromatic N) is 1. The van der Waals surface area contributed by atoms with E-state index in [1.54, 1.807) is 4.90 Å². The van der Waals surface area contributed by atoms with Crippen LogP contribution in [-0.2, 0) is 9.47 Å². The second-order valence-corrected chi connectivity index (χ2v) is 11.7. The lowest BCUT2D eigenvalue weighted by Gasteiger charge is -2.62. The van der Waals surface area contributed by atoms with Gasteiger partial charge in [0.15, 0.2) is 0 Å². The van der Waals surface area contributed by atoms with Gasteiger partial charge in [-0.25, -0.2) is 9.59 Å². The summed E-state index contributed by atoms with van der Waals surface area (Å²) in [6, 6.07) is -0.107. The number of amides is 2. The molecule has 4 aliphatic carbocycles. The summed E-state index contributed by atoms with van der Waals surface area (Å²) in [6.45, 7) is 10.4. The lowest BCUT2D eigenvalue weighted by Crippen LogP contribution is -2.61. The Kier molecular flexibility index (Phi) is 5.27. The number of alkyl carbamates (subject to hydrolysis) is 1. The van der Waals surface area contributed by atoms with E-state index in [0.717, 1.165) is 32.1 Å². The van der Waals surface area contributed by atoms with E-state index in [9.17, 15) is 14.7 Å². The van der Waals surface area contributed by atoms with E-state index in [1.807, 2.05) is 34.6 Å². The zero-order chi connectivity index (χ0) is 21.9. The van der Waals surface area contributed by atoms with Crippen LogP contribution in [0, 0.1) is 23.2 Å². The van der Waals surface area contributed by atoms with Crippen molar-refractivity contribution in [2.45, 2.75) is 96.5 Å². The summed E-state index contributed by atoms with van der Waals surface area (Å²) in [5.74, 6) is 1.35. The minimum absolute atomic E-state index is 0.0253. The van der Waals surface area contributed by atoms with Crippen molar-refractivity contribution in [3.8, 4) is 0 Å². The summed E-state index contributed by atoms with van der Waals surface area (Å²) in [5, 5.41) is 13.7. The maximum absolute atomic E-state index is 12.9. The highest BCUT2D eigenvalue weighted by Gasteiger charge is 2.61. The minimum atomic E-state index is -0.687. The van der Waals surface area contributed by atoms with Gasteiger partial charge in [0.05, 0.1) is 11.6 Å². The Hall–Kier alpha value is -1.50. The van der Waals surface area contributed by atoms with Crippen molar-refractivity contribution in [1.29, 1.82) is 0 Å². The molecule has 0 aromatic carbocycles.